The molecule has 2 rings (SSSR count). The number of halogens is 2. The quantitative estimate of drug-likeness (QED) is 0.821. The van der Waals surface area contributed by atoms with Crippen LogP contribution < -0.4 is 0 Å². The van der Waals surface area contributed by atoms with E-state index in [2.05, 4.69) is 0 Å². The molecule has 1 atom stereocenters. The topological polar surface area (TPSA) is 40.9 Å². The van der Waals surface area contributed by atoms with Gasteiger partial charge >= 0.3 is 0 Å². The molecule has 1 aromatic rings. The average Bonchev–Trinajstić information content (AvgIpc) is 2.27. The molecule has 1 saturated carbocycles. The monoisotopic (exact) mass is 249 g/mol. The van der Waals surface area contributed by atoms with Crippen molar-refractivity contribution in [1.82, 2.24) is 0 Å². The number of benzene rings is 1. The predicted molar refractivity (Wildman–Crippen MR) is 61.7 cm³/mol. The van der Waals surface area contributed by atoms with Crippen molar-refractivity contribution in [2.75, 3.05) is 0 Å². The van der Waals surface area contributed by atoms with Crippen LogP contribution in [0.25, 0.3) is 0 Å². The zero-order valence-corrected chi connectivity index (χ0v) is 9.83. The molecule has 1 aromatic carbocycles. The van der Waals surface area contributed by atoms with Crippen LogP contribution >= 0.6 is 0 Å². The van der Waals surface area contributed by atoms with E-state index in [0.29, 0.717) is 18.4 Å². The van der Waals surface area contributed by atoms with Crippen LogP contribution in [-0.4, -0.2) is 5.78 Å². The summed E-state index contributed by atoms with van der Waals surface area (Å²) in [6.07, 6.45) is 3.42. The van der Waals surface area contributed by atoms with Crippen LogP contribution in [0.3, 0.4) is 0 Å². The first kappa shape index (κ1) is 12.7. The standard InChI is InChI=1S/C14H13F2NO/c15-10-4-5-11(13(16)7-10)12(8-17)14(18)6-9-2-1-3-9/h4-5,7,9,12H,1-3,6H2. The molecule has 1 fully saturated rings. The van der Waals surface area contributed by atoms with Crippen LogP contribution in [0.1, 0.15) is 37.2 Å². The van der Waals surface area contributed by atoms with Crippen LogP contribution in [-0.2, 0) is 4.79 Å². The molecule has 0 heterocycles. The third-order valence-electron chi connectivity index (χ3n) is 3.44. The molecule has 0 aromatic heterocycles. The summed E-state index contributed by atoms with van der Waals surface area (Å²) in [5.41, 5.74) is -0.0248. The van der Waals surface area contributed by atoms with Crippen LogP contribution in [0.5, 0.6) is 0 Å². The van der Waals surface area contributed by atoms with Gasteiger partial charge in [-0.15, -0.1) is 0 Å². The van der Waals surface area contributed by atoms with E-state index < -0.39 is 17.6 Å². The van der Waals surface area contributed by atoms with Gasteiger partial charge in [-0.05, 0) is 12.0 Å². The summed E-state index contributed by atoms with van der Waals surface area (Å²) in [6.45, 7) is 0. The molecule has 0 spiro atoms. The Kier molecular flexibility index (Phi) is 3.71. The largest absolute Gasteiger partial charge is 0.298 e. The Morgan fingerprint density at radius 1 is 1.44 bits per heavy atom. The Balaban J connectivity index is 2.16. The summed E-state index contributed by atoms with van der Waals surface area (Å²) >= 11 is 0. The molecule has 0 bridgehead atoms. The van der Waals surface area contributed by atoms with Crippen molar-refractivity contribution in [3.05, 3.63) is 35.4 Å². The fourth-order valence-corrected chi connectivity index (χ4v) is 2.15. The summed E-state index contributed by atoms with van der Waals surface area (Å²) in [4.78, 5) is 11.9. The van der Waals surface area contributed by atoms with E-state index in [1.807, 2.05) is 6.07 Å². The maximum atomic E-state index is 13.5. The molecule has 1 unspecified atom stereocenters. The lowest BCUT2D eigenvalue weighted by molar-refractivity contribution is -0.120. The third kappa shape index (κ3) is 2.56. The molecule has 2 nitrogen and oxygen atoms in total. The number of rotatable bonds is 4. The minimum Gasteiger partial charge on any atom is -0.298 e. The van der Waals surface area contributed by atoms with Crippen LogP contribution in [0.4, 0.5) is 8.78 Å². The predicted octanol–water partition coefficient (Wildman–Crippen LogP) is 3.33. The Morgan fingerprint density at radius 3 is 2.67 bits per heavy atom. The average molecular weight is 249 g/mol. The smallest absolute Gasteiger partial charge is 0.154 e. The number of ketones is 1. The summed E-state index contributed by atoms with van der Waals surface area (Å²) in [6, 6.07) is 4.77. The number of Topliss-reactive ketones (excluding diaryl/α,β-unsaturated/α-hetero) is 1. The highest BCUT2D eigenvalue weighted by molar-refractivity contribution is 5.88. The molecule has 1 aliphatic carbocycles. The van der Waals surface area contributed by atoms with Gasteiger partial charge in [-0.25, -0.2) is 8.78 Å². The van der Waals surface area contributed by atoms with E-state index in [0.717, 1.165) is 25.3 Å². The number of carbonyl (C=O) groups is 1. The van der Waals surface area contributed by atoms with Gasteiger partial charge in [0.1, 0.15) is 17.6 Å². The summed E-state index contributed by atoms with van der Waals surface area (Å²) < 4.78 is 26.3. The Labute approximate surface area is 104 Å². The summed E-state index contributed by atoms with van der Waals surface area (Å²) in [5.74, 6) is -2.60. The number of carbonyl (C=O) groups excluding carboxylic acids is 1. The molecule has 4 heteroatoms. The lowest BCUT2D eigenvalue weighted by Crippen LogP contribution is -2.20. The van der Waals surface area contributed by atoms with E-state index in [4.69, 9.17) is 5.26 Å². The SMILES string of the molecule is N#CC(C(=O)CC1CCC1)c1ccc(F)cc1F. The molecule has 0 N–H and O–H groups in total. The first-order valence-corrected chi connectivity index (χ1v) is 5.99. The normalized spacial score (nSPS) is 16.7. The molecule has 1 aliphatic rings. The van der Waals surface area contributed by atoms with Crippen molar-refractivity contribution in [2.45, 2.75) is 31.6 Å². The van der Waals surface area contributed by atoms with E-state index in [-0.39, 0.29) is 11.3 Å². The first-order valence-electron chi connectivity index (χ1n) is 5.99. The molecule has 94 valence electrons. The molecular formula is C14H13F2NO. The zero-order valence-electron chi connectivity index (χ0n) is 9.83. The molecule has 0 aliphatic heterocycles. The molecule has 18 heavy (non-hydrogen) atoms. The second kappa shape index (κ2) is 5.26. The molecule has 0 saturated heterocycles. The Bertz CT molecular complexity index is 503. The summed E-state index contributed by atoms with van der Waals surface area (Å²) in [7, 11) is 0. The van der Waals surface area contributed by atoms with Crippen molar-refractivity contribution in [3.8, 4) is 6.07 Å². The van der Waals surface area contributed by atoms with Gasteiger partial charge in [0.25, 0.3) is 0 Å². The second-order valence-electron chi connectivity index (χ2n) is 4.70. The van der Waals surface area contributed by atoms with Crippen molar-refractivity contribution in [2.24, 2.45) is 5.92 Å². The Hall–Kier alpha value is -1.76. The van der Waals surface area contributed by atoms with Crippen molar-refractivity contribution >= 4 is 5.78 Å². The highest BCUT2D eigenvalue weighted by Crippen LogP contribution is 2.32. The Morgan fingerprint density at radius 2 is 2.17 bits per heavy atom. The first-order chi connectivity index (χ1) is 8.61. The number of nitriles is 1. The van der Waals surface area contributed by atoms with Crippen LogP contribution in [0.15, 0.2) is 18.2 Å². The maximum absolute atomic E-state index is 13.5. The zero-order chi connectivity index (χ0) is 13.1. The lowest BCUT2D eigenvalue weighted by atomic mass is 9.79. The molecule has 0 amide bonds. The van der Waals surface area contributed by atoms with Gasteiger partial charge in [-0.3, -0.25) is 4.79 Å². The van der Waals surface area contributed by atoms with Gasteiger partial charge < -0.3 is 0 Å². The van der Waals surface area contributed by atoms with Gasteiger partial charge in [0.05, 0.1) is 6.07 Å². The molecule has 0 radical (unpaired) electrons. The van der Waals surface area contributed by atoms with E-state index >= 15 is 0 Å². The van der Waals surface area contributed by atoms with Gasteiger partial charge in [0.15, 0.2) is 5.78 Å². The van der Waals surface area contributed by atoms with Gasteiger partial charge in [-0.1, -0.05) is 25.3 Å². The fourth-order valence-electron chi connectivity index (χ4n) is 2.15. The fraction of sp³-hybridized carbons (Fsp3) is 0.429. The van der Waals surface area contributed by atoms with Crippen LogP contribution in [0.2, 0.25) is 0 Å². The van der Waals surface area contributed by atoms with Crippen LogP contribution in [0, 0.1) is 28.9 Å². The highest BCUT2D eigenvalue weighted by atomic mass is 19.1. The van der Waals surface area contributed by atoms with E-state index in [1.54, 1.807) is 0 Å². The van der Waals surface area contributed by atoms with Crippen molar-refractivity contribution in [1.29, 1.82) is 5.26 Å². The number of hydrogen-bond acceptors (Lipinski definition) is 2. The minimum absolute atomic E-state index is 0.0248. The van der Waals surface area contributed by atoms with Gasteiger partial charge in [0.2, 0.25) is 0 Å². The van der Waals surface area contributed by atoms with Crippen molar-refractivity contribution in [3.63, 3.8) is 0 Å². The third-order valence-corrected chi connectivity index (χ3v) is 3.44. The van der Waals surface area contributed by atoms with Gasteiger partial charge in [-0.2, -0.15) is 5.26 Å². The minimum atomic E-state index is -1.12. The lowest BCUT2D eigenvalue weighted by Gasteiger charge is -2.25. The van der Waals surface area contributed by atoms with Crippen molar-refractivity contribution < 1.29 is 13.6 Å². The van der Waals surface area contributed by atoms with Gasteiger partial charge in [0, 0.05) is 18.1 Å². The second-order valence-corrected chi connectivity index (χ2v) is 4.70. The maximum Gasteiger partial charge on any atom is 0.154 e. The summed E-state index contributed by atoms with van der Waals surface area (Å²) in [5, 5.41) is 9.02. The van der Waals surface area contributed by atoms with E-state index in [1.165, 1.54) is 6.07 Å². The molecular weight excluding hydrogens is 236 g/mol. The number of hydrogen-bond donors (Lipinski definition) is 0. The van der Waals surface area contributed by atoms with E-state index in [9.17, 15) is 13.6 Å². The number of nitrogens with zero attached hydrogens (tertiary/aromatic N) is 1. The highest BCUT2D eigenvalue weighted by Gasteiger charge is 2.28.